The number of hydrogen-bond donors (Lipinski definition) is 2. The summed E-state index contributed by atoms with van der Waals surface area (Å²) in [5.74, 6) is 0.157. The molecular formula is C8H12N4O2S. The number of nitrogens with two attached hydrogens (primary N) is 1. The summed E-state index contributed by atoms with van der Waals surface area (Å²) >= 11 is 1.16. The van der Waals surface area contributed by atoms with E-state index in [4.69, 9.17) is 10.8 Å². The lowest BCUT2D eigenvalue weighted by Gasteiger charge is -2.05. The molecule has 0 radical (unpaired) electrons. The van der Waals surface area contributed by atoms with Crippen LogP contribution in [0, 0.1) is 5.92 Å². The summed E-state index contributed by atoms with van der Waals surface area (Å²) in [5.41, 5.74) is 5.65. The molecule has 15 heavy (non-hydrogen) atoms. The van der Waals surface area contributed by atoms with E-state index in [1.165, 1.54) is 12.8 Å². The van der Waals surface area contributed by atoms with E-state index in [9.17, 15) is 4.79 Å². The van der Waals surface area contributed by atoms with E-state index >= 15 is 0 Å². The van der Waals surface area contributed by atoms with Crippen LogP contribution in [0.3, 0.4) is 0 Å². The lowest BCUT2D eigenvalue weighted by Crippen LogP contribution is -2.07. The highest BCUT2D eigenvalue weighted by Gasteiger charge is 2.24. The highest BCUT2D eigenvalue weighted by atomic mass is 32.2. The van der Waals surface area contributed by atoms with Gasteiger partial charge in [-0.3, -0.25) is 9.36 Å². The number of rotatable bonds is 5. The Hall–Kier alpha value is -1.24. The van der Waals surface area contributed by atoms with Crippen molar-refractivity contribution in [3.05, 3.63) is 0 Å². The number of nitrogen functional groups attached to an aromatic ring is 1. The van der Waals surface area contributed by atoms with Gasteiger partial charge < -0.3 is 10.8 Å². The quantitative estimate of drug-likeness (QED) is 0.710. The van der Waals surface area contributed by atoms with Crippen molar-refractivity contribution in [3.8, 4) is 0 Å². The number of hydrogen-bond acceptors (Lipinski definition) is 5. The van der Waals surface area contributed by atoms with Gasteiger partial charge in [-0.1, -0.05) is 11.8 Å². The molecule has 0 aromatic carbocycles. The largest absolute Gasteiger partial charge is 0.481 e. The molecule has 0 unspecified atom stereocenters. The fraction of sp³-hybridized carbons (Fsp3) is 0.625. The van der Waals surface area contributed by atoms with Gasteiger partial charge in [-0.05, 0) is 18.8 Å². The molecule has 3 N–H and O–H groups in total. The van der Waals surface area contributed by atoms with E-state index in [2.05, 4.69) is 10.2 Å². The topological polar surface area (TPSA) is 94.0 Å². The summed E-state index contributed by atoms with van der Waals surface area (Å²) in [5, 5.41) is 16.8. The van der Waals surface area contributed by atoms with E-state index in [1.807, 2.05) is 0 Å². The zero-order chi connectivity index (χ0) is 10.8. The second kappa shape index (κ2) is 4.09. The smallest absolute Gasteiger partial charge is 0.313 e. The maximum absolute atomic E-state index is 10.4. The van der Waals surface area contributed by atoms with Gasteiger partial charge >= 0.3 is 5.97 Å². The van der Waals surface area contributed by atoms with Gasteiger partial charge in [0.25, 0.3) is 0 Å². The predicted octanol–water partition coefficient (Wildman–Crippen LogP) is 0.447. The van der Waals surface area contributed by atoms with E-state index < -0.39 is 5.97 Å². The third kappa shape index (κ3) is 2.62. The minimum Gasteiger partial charge on any atom is -0.481 e. The van der Waals surface area contributed by atoms with Crippen LogP contribution in [0.4, 0.5) is 5.95 Å². The molecule has 2 rings (SSSR count). The van der Waals surface area contributed by atoms with E-state index in [1.54, 1.807) is 4.57 Å². The van der Waals surface area contributed by atoms with E-state index in [0.29, 0.717) is 17.0 Å². The lowest BCUT2D eigenvalue weighted by molar-refractivity contribution is -0.133. The number of carboxylic acids is 1. The first kappa shape index (κ1) is 10.3. The van der Waals surface area contributed by atoms with Gasteiger partial charge in [0.15, 0.2) is 5.16 Å². The number of thioether (sulfide) groups is 1. The van der Waals surface area contributed by atoms with Crippen LogP contribution in [0.2, 0.25) is 0 Å². The van der Waals surface area contributed by atoms with Crippen molar-refractivity contribution in [3.63, 3.8) is 0 Å². The molecule has 0 amide bonds. The summed E-state index contributed by atoms with van der Waals surface area (Å²) < 4.78 is 1.80. The normalized spacial score (nSPS) is 15.5. The molecule has 0 spiro atoms. The SMILES string of the molecule is Nc1nnc(SCC(=O)O)n1CC1CC1. The predicted molar refractivity (Wildman–Crippen MR) is 55.5 cm³/mol. The molecule has 1 aromatic rings. The summed E-state index contributed by atoms with van der Waals surface area (Å²) in [6.07, 6.45) is 2.42. The Morgan fingerprint density at radius 2 is 2.33 bits per heavy atom. The fourth-order valence-electron chi connectivity index (χ4n) is 1.26. The van der Waals surface area contributed by atoms with Gasteiger partial charge in [0, 0.05) is 6.54 Å². The Kier molecular flexibility index (Phi) is 2.81. The number of carboxylic acid groups (broad SMARTS) is 1. The maximum Gasteiger partial charge on any atom is 0.313 e. The third-order valence-corrected chi connectivity index (χ3v) is 3.16. The second-order valence-electron chi connectivity index (χ2n) is 3.58. The highest BCUT2D eigenvalue weighted by Crippen LogP contribution is 2.32. The molecule has 1 fully saturated rings. The number of carbonyl (C=O) groups is 1. The Bertz CT molecular complexity index is 375. The highest BCUT2D eigenvalue weighted by molar-refractivity contribution is 7.99. The molecule has 0 bridgehead atoms. The molecule has 6 nitrogen and oxygen atoms in total. The van der Waals surface area contributed by atoms with E-state index in [-0.39, 0.29) is 5.75 Å². The number of aliphatic carboxylic acids is 1. The summed E-state index contributed by atoms with van der Waals surface area (Å²) in [4.78, 5) is 10.4. The molecule has 82 valence electrons. The van der Waals surface area contributed by atoms with Crippen molar-refractivity contribution in [2.45, 2.75) is 24.5 Å². The van der Waals surface area contributed by atoms with Gasteiger partial charge in [0.1, 0.15) is 0 Å². The standard InChI is InChI=1S/C8H12N4O2S/c9-7-10-11-8(15-4-6(13)14)12(7)3-5-1-2-5/h5H,1-4H2,(H2,9,10)(H,13,14). The molecular weight excluding hydrogens is 216 g/mol. The lowest BCUT2D eigenvalue weighted by atomic mass is 10.4. The molecule has 1 aliphatic rings. The first-order valence-electron chi connectivity index (χ1n) is 4.70. The number of aromatic nitrogens is 3. The Morgan fingerprint density at radius 1 is 1.60 bits per heavy atom. The first-order chi connectivity index (χ1) is 7.16. The Labute approximate surface area is 90.9 Å². The molecule has 1 aromatic heterocycles. The summed E-state index contributed by atoms with van der Waals surface area (Å²) in [7, 11) is 0. The number of anilines is 1. The van der Waals surface area contributed by atoms with Crippen LogP contribution in [0.1, 0.15) is 12.8 Å². The molecule has 0 saturated heterocycles. The fourth-order valence-corrected chi connectivity index (χ4v) is 1.94. The van der Waals surface area contributed by atoms with Gasteiger partial charge in [0.05, 0.1) is 5.75 Å². The van der Waals surface area contributed by atoms with Crippen LogP contribution in [-0.2, 0) is 11.3 Å². The molecule has 0 aliphatic heterocycles. The van der Waals surface area contributed by atoms with Gasteiger partial charge in [-0.25, -0.2) is 0 Å². The zero-order valence-electron chi connectivity index (χ0n) is 8.09. The maximum atomic E-state index is 10.4. The van der Waals surface area contributed by atoms with Crippen molar-refractivity contribution in [1.82, 2.24) is 14.8 Å². The summed E-state index contributed by atoms with van der Waals surface area (Å²) in [6, 6.07) is 0. The monoisotopic (exact) mass is 228 g/mol. The Balaban J connectivity index is 2.04. The zero-order valence-corrected chi connectivity index (χ0v) is 8.90. The average Bonchev–Trinajstić information content (AvgIpc) is 2.92. The molecule has 0 atom stereocenters. The van der Waals surface area contributed by atoms with Crippen molar-refractivity contribution >= 4 is 23.7 Å². The number of nitrogens with zero attached hydrogens (tertiary/aromatic N) is 3. The molecule has 1 saturated carbocycles. The van der Waals surface area contributed by atoms with Gasteiger partial charge in [0.2, 0.25) is 5.95 Å². The van der Waals surface area contributed by atoms with Crippen LogP contribution in [-0.4, -0.2) is 31.6 Å². The molecule has 1 heterocycles. The van der Waals surface area contributed by atoms with Crippen LogP contribution in [0.25, 0.3) is 0 Å². The van der Waals surface area contributed by atoms with Crippen molar-refractivity contribution < 1.29 is 9.90 Å². The Morgan fingerprint density at radius 3 is 2.93 bits per heavy atom. The first-order valence-corrected chi connectivity index (χ1v) is 5.68. The second-order valence-corrected chi connectivity index (χ2v) is 4.52. The molecule has 7 heteroatoms. The van der Waals surface area contributed by atoms with Crippen LogP contribution >= 0.6 is 11.8 Å². The van der Waals surface area contributed by atoms with Crippen LogP contribution in [0.15, 0.2) is 5.16 Å². The van der Waals surface area contributed by atoms with Crippen molar-refractivity contribution in [2.75, 3.05) is 11.5 Å². The van der Waals surface area contributed by atoms with Gasteiger partial charge in [-0.2, -0.15) is 0 Å². The van der Waals surface area contributed by atoms with Crippen LogP contribution < -0.4 is 5.73 Å². The third-order valence-electron chi connectivity index (χ3n) is 2.21. The van der Waals surface area contributed by atoms with E-state index in [0.717, 1.165) is 18.3 Å². The minimum absolute atomic E-state index is 0.0111. The van der Waals surface area contributed by atoms with Crippen molar-refractivity contribution in [2.24, 2.45) is 5.92 Å². The minimum atomic E-state index is -0.862. The van der Waals surface area contributed by atoms with Gasteiger partial charge in [-0.15, -0.1) is 10.2 Å². The summed E-state index contributed by atoms with van der Waals surface area (Å²) in [6.45, 7) is 0.806. The van der Waals surface area contributed by atoms with Crippen molar-refractivity contribution in [1.29, 1.82) is 0 Å². The average molecular weight is 228 g/mol. The van der Waals surface area contributed by atoms with Crippen LogP contribution in [0.5, 0.6) is 0 Å². The molecule has 1 aliphatic carbocycles.